The molecule has 1 aliphatic rings. The van der Waals surface area contributed by atoms with E-state index in [9.17, 15) is 9.59 Å². The van der Waals surface area contributed by atoms with Crippen molar-refractivity contribution in [1.82, 2.24) is 20.2 Å². The normalized spacial score (nSPS) is 12.5. The second-order valence-electron chi connectivity index (χ2n) is 6.71. The van der Waals surface area contributed by atoms with E-state index in [-0.39, 0.29) is 19.1 Å². The number of aromatic nitrogens is 4. The van der Waals surface area contributed by atoms with Gasteiger partial charge in [-0.25, -0.2) is 4.79 Å². The van der Waals surface area contributed by atoms with E-state index in [2.05, 4.69) is 20.7 Å². The van der Waals surface area contributed by atoms with Gasteiger partial charge in [0, 0.05) is 10.4 Å². The van der Waals surface area contributed by atoms with Crippen molar-refractivity contribution in [1.29, 1.82) is 0 Å². The summed E-state index contributed by atoms with van der Waals surface area (Å²) in [4.78, 5) is 27.4. The number of hydrogen-bond donors (Lipinski definition) is 1. The van der Waals surface area contributed by atoms with Gasteiger partial charge in [0.25, 0.3) is 0 Å². The zero-order chi connectivity index (χ0) is 21.1. The summed E-state index contributed by atoms with van der Waals surface area (Å²) in [5.74, 6) is 0.337. The molecule has 0 atom stereocenters. The molecule has 4 rings (SSSR count). The van der Waals surface area contributed by atoms with E-state index in [0.717, 1.165) is 35.3 Å². The number of thiophene rings is 1. The van der Waals surface area contributed by atoms with Crippen molar-refractivity contribution in [2.75, 3.05) is 19.0 Å². The topological polar surface area (TPSA) is 108 Å². The molecule has 0 saturated heterocycles. The molecule has 0 bridgehead atoms. The van der Waals surface area contributed by atoms with Gasteiger partial charge in [0.1, 0.15) is 17.3 Å². The van der Waals surface area contributed by atoms with Crippen molar-refractivity contribution in [3.63, 3.8) is 0 Å². The number of rotatable bonds is 7. The van der Waals surface area contributed by atoms with Crippen molar-refractivity contribution in [2.24, 2.45) is 0 Å². The molecule has 0 saturated carbocycles. The molecule has 1 aromatic carbocycles. The Morgan fingerprint density at radius 1 is 1.30 bits per heavy atom. The summed E-state index contributed by atoms with van der Waals surface area (Å²) in [6, 6.07) is 7.28. The van der Waals surface area contributed by atoms with Crippen LogP contribution in [0.1, 0.15) is 34.1 Å². The highest BCUT2D eigenvalue weighted by atomic mass is 32.1. The zero-order valence-electron chi connectivity index (χ0n) is 16.7. The van der Waals surface area contributed by atoms with Crippen LogP contribution in [0, 0.1) is 0 Å². The van der Waals surface area contributed by atoms with Crippen molar-refractivity contribution in [2.45, 2.75) is 32.7 Å². The fourth-order valence-electron chi connectivity index (χ4n) is 3.39. The molecule has 10 heteroatoms. The number of anilines is 1. The standard InChI is InChI=1S/C20H21N5O4S/c1-3-29-20(27)17-14-8-5-9-15(14)30-19(17)21-16(26)11-25-23-18(22-24-25)12-6-4-7-13(10-12)28-2/h4,6-7,10H,3,5,8-9,11H2,1-2H3,(H,21,26). The van der Waals surface area contributed by atoms with Gasteiger partial charge in [-0.1, -0.05) is 12.1 Å². The smallest absolute Gasteiger partial charge is 0.341 e. The molecule has 0 spiro atoms. The first-order chi connectivity index (χ1) is 14.6. The minimum absolute atomic E-state index is 0.123. The van der Waals surface area contributed by atoms with Crippen molar-refractivity contribution >= 4 is 28.2 Å². The fraction of sp³-hybridized carbons (Fsp3) is 0.350. The van der Waals surface area contributed by atoms with Gasteiger partial charge in [-0.2, -0.15) is 4.80 Å². The van der Waals surface area contributed by atoms with Crippen LogP contribution in [-0.2, 0) is 28.9 Å². The largest absolute Gasteiger partial charge is 0.497 e. The Kier molecular flexibility index (Phi) is 5.75. The van der Waals surface area contributed by atoms with Crippen LogP contribution in [0.5, 0.6) is 5.75 Å². The number of carbonyl (C=O) groups is 2. The van der Waals surface area contributed by atoms with E-state index < -0.39 is 5.97 Å². The Labute approximate surface area is 177 Å². The van der Waals surface area contributed by atoms with Crippen LogP contribution < -0.4 is 10.1 Å². The SMILES string of the molecule is CCOC(=O)c1c(NC(=O)Cn2nnc(-c3cccc(OC)c3)n2)sc2c1CCC2. The number of nitrogens with one attached hydrogen (secondary N) is 1. The van der Waals surface area contributed by atoms with Crippen molar-refractivity contribution < 1.29 is 19.1 Å². The van der Waals surface area contributed by atoms with Crippen LogP contribution in [0.4, 0.5) is 5.00 Å². The van der Waals surface area contributed by atoms with E-state index in [1.165, 1.54) is 16.1 Å². The van der Waals surface area contributed by atoms with Crippen LogP contribution in [0.15, 0.2) is 24.3 Å². The Morgan fingerprint density at radius 2 is 2.17 bits per heavy atom. The van der Waals surface area contributed by atoms with Gasteiger partial charge in [-0.3, -0.25) is 4.79 Å². The quantitative estimate of drug-likeness (QED) is 0.578. The third-order valence-corrected chi connectivity index (χ3v) is 5.93. The van der Waals surface area contributed by atoms with Gasteiger partial charge in [0.15, 0.2) is 0 Å². The fourth-order valence-corrected chi connectivity index (χ4v) is 4.69. The van der Waals surface area contributed by atoms with E-state index in [1.54, 1.807) is 20.1 Å². The summed E-state index contributed by atoms with van der Waals surface area (Å²) in [5.41, 5.74) is 2.21. The molecular formula is C20H21N5O4S. The van der Waals surface area contributed by atoms with Gasteiger partial charge in [-0.15, -0.1) is 21.5 Å². The highest BCUT2D eigenvalue weighted by Gasteiger charge is 2.28. The van der Waals surface area contributed by atoms with Crippen LogP contribution in [0.2, 0.25) is 0 Å². The highest BCUT2D eigenvalue weighted by molar-refractivity contribution is 7.17. The van der Waals surface area contributed by atoms with Gasteiger partial charge in [0.05, 0.1) is 19.3 Å². The third-order valence-electron chi connectivity index (χ3n) is 4.72. The summed E-state index contributed by atoms with van der Waals surface area (Å²) in [6.07, 6.45) is 2.75. The van der Waals surface area contributed by atoms with E-state index >= 15 is 0 Å². The molecule has 0 fully saturated rings. The van der Waals surface area contributed by atoms with Crippen molar-refractivity contribution in [3.05, 3.63) is 40.3 Å². The molecule has 30 heavy (non-hydrogen) atoms. The summed E-state index contributed by atoms with van der Waals surface area (Å²) in [5, 5.41) is 15.6. The number of tetrazole rings is 1. The van der Waals surface area contributed by atoms with Crippen LogP contribution in [0.3, 0.4) is 0 Å². The number of fused-ring (bicyclic) bond motifs is 1. The van der Waals surface area contributed by atoms with Crippen LogP contribution in [-0.4, -0.2) is 45.8 Å². The lowest BCUT2D eigenvalue weighted by Gasteiger charge is -2.07. The number of esters is 1. The Bertz CT molecular complexity index is 1090. The molecule has 3 aromatic rings. The van der Waals surface area contributed by atoms with Crippen molar-refractivity contribution in [3.8, 4) is 17.1 Å². The number of carbonyl (C=O) groups excluding carboxylic acids is 2. The number of nitrogens with zero attached hydrogens (tertiary/aromatic N) is 4. The summed E-state index contributed by atoms with van der Waals surface area (Å²) < 4.78 is 10.4. The summed E-state index contributed by atoms with van der Waals surface area (Å²) in [7, 11) is 1.58. The predicted octanol–water partition coefficient (Wildman–Crippen LogP) is 2.71. The molecule has 0 radical (unpaired) electrons. The molecule has 0 aliphatic heterocycles. The van der Waals surface area contributed by atoms with Gasteiger partial charge < -0.3 is 14.8 Å². The first-order valence-electron chi connectivity index (χ1n) is 9.62. The molecule has 2 heterocycles. The molecule has 9 nitrogen and oxygen atoms in total. The lowest BCUT2D eigenvalue weighted by molar-refractivity contribution is -0.117. The second-order valence-corrected chi connectivity index (χ2v) is 7.81. The highest BCUT2D eigenvalue weighted by Crippen LogP contribution is 2.39. The molecule has 1 N–H and O–H groups in total. The lowest BCUT2D eigenvalue weighted by Crippen LogP contribution is -2.21. The lowest BCUT2D eigenvalue weighted by atomic mass is 10.1. The number of hydrogen-bond acceptors (Lipinski definition) is 8. The predicted molar refractivity (Wildman–Crippen MR) is 111 cm³/mol. The molecule has 0 unspecified atom stereocenters. The summed E-state index contributed by atoms with van der Waals surface area (Å²) >= 11 is 1.44. The molecule has 2 aromatic heterocycles. The molecule has 156 valence electrons. The molecule has 1 aliphatic carbocycles. The van der Waals surface area contributed by atoms with Crippen LogP contribution in [0.25, 0.3) is 11.4 Å². The van der Waals surface area contributed by atoms with Gasteiger partial charge >= 0.3 is 5.97 Å². The Balaban J connectivity index is 1.48. The second kappa shape index (κ2) is 8.62. The van der Waals surface area contributed by atoms with E-state index in [1.807, 2.05) is 18.2 Å². The first-order valence-corrected chi connectivity index (χ1v) is 10.4. The number of amides is 1. The van der Waals surface area contributed by atoms with Gasteiger partial charge in [-0.05, 0) is 49.1 Å². The average molecular weight is 427 g/mol. The number of ether oxygens (including phenoxy) is 2. The minimum atomic E-state index is -0.397. The minimum Gasteiger partial charge on any atom is -0.497 e. The van der Waals surface area contributed by atoms with Gasteiger partial charge in [0.2, 0.25) is 11.7 Å². The summed E-state index contributed by atoms with van der Waals surface area (Å²) in [6.45, 7) is 1.92. The first kappa shape index (κ1) is 20.0. The monoisotopic (exact) mass is 427 g/mol. The van der Waals surface area contributed by atoms with E-state index in [0.29, 0.717) is 22.1 Å². The molecule has 1 amide bonds. The van der Waals surface area contributed by atoms with Crippen LogP contribution >= 0.6 is 11.3 Å². The maximum atomic E-state index is 12.6. The Morgan fingerprint density at radius 3 is 2.97 bits per heavy atom. The maximum absolute atomic E-state index is 12.6. The average Bonchev–Trinajstić information content (AvgIpc) is 3.44. The third kappa shape index (κ3) is 4.04. The Hall–Kier alpha value is -3.27. The maximum Gasteiger partial charge on any atom is 0.341 e. The van der Waals surface area contributed by atoms with E-state index in [4.69, 9.17) is 9.47 Å². The zero-order valence-corrected chi connectivity index (χ0v) is 17.5. The molecular weight excluding hydrogens is 406 g/mol. The number of benzene rings is 1. The number of methoxy groups -OCH3 is 1. The number of aryl methyl sites for hydroxylation is 1.